The van der Waals surface area contributed by atoms with Crippen molar-refractivity contribution < 1.29 is 24.3 Å². The van der Waals surface area contributed by atoms with Gasteiger partial charge in [0.05, 0.1) is 6.04 Å². The fourth-order valence-electron chi connectivity index (χ4n) is 3.23. The molecule has 3 amide bonds. The van der Waals surface area contributed by atoms with Crippen LogP contribution < -0.4 is 33.2 Å². The summed E-state index contributed by atoms with van der Waals surface area (Å²) in [5.41, 5.74) is 17.0. The second-order valence-electron chi connectivity index (χ2n) is 8.62. The molecule has 4 atom stereocenters. The number of aliphatic carboxylic acids is 1. The number of guanidine groups is 1. The lowest BCUT2D eigenvalue weighted by molar-refractivity contribution is -0.142. The van der Waals surface area contributed by atoms with Gasteiger partial charge in [0.2, 0.25) is 17.7 Å². The van der Waals surface area contributed by atoms with Gasteiger partial charge in [-0.05, 0) is 24.3 Å². The Hall–Kier alpha value is -3.32. The maximum Gasteiger partial charge on any atom is 0.326 e. The van der Waals surface area contributed by atoms with Crippen LogP contribution in [-0.2, 0) is 25.6 Å². The highest BCUT2D eigenvalue weighted by atomic mass is 32.1. The van der Waals surface area contributed by atoms with Gasteiger partial charge in [0, 0.05) is 18.7 Å². The summed E-state index contributed by atoms with van der Waals surface area (Å²) in [5.74, 6) is -3.39. The zero-order valence-corrected chi connectivity index (χ0v) is 21.4. The molecular formula is C23H37N7O5S. The van der Waals surface area contributed by atoms with Crippen LogP contribution in [0.15, 0.2) is 35.3 Å². The van der Waals surface area contributed by atoms with Crippen molar-refractivity contribution in [3.63, 3.8) is 0 Å². The third kappa shape index (κ3) is 11.0. The van der Waals surface area contributed by atoms with Gasteiger partial charge in [-0.25, -0.2) is 4.79 Å². The van der Waals surface area contributed by atoms with E-state index in [9.17, 15) is 24.3 Å². The average Bonchev–Trinajstić information content (AvgIpc) is 2.83. The van der Waals surface area contributed by atoms with Crippen LogP contribution in [0, 0.1) is 5.92 Å². The molecule has 1 aromatic rings. The lowest BCUT2D eigenvalue weighted by Crippen LogP contribution is -2.59. The number of hydrogen-bond acceptors (Lipinski definition) is 7. The van der Waals surface area contributed by atoms with Gasteiger partial charge in [-0.3, -0.25) is 19.4 Å². The number of carbonyl (C=O) groups is 4. The molecule has 0 aromatic heterocycles. The number of rotatable bonds is 15. The van der Waals surface area contributed by atoms with Crippen LogP contribution in [0.25, 0.3) is 0 Å². The highest BCUT2D eigenvalue weighted by molar-refractivity contribution is 7.80. The van der Waals surface area contributed by atoms with Crippen molar-refractivity contribution in [2.24, 2.45) is 28.1 Å². The first-order valence-corrected chi connectivity index (χ1v) is 12.2. The Bertz CT molecular complexity index is 909. The molecule has 1 aromatic carbocycles. The number of carbonyl (C=O) groups excluding carboxylic acids is 3. The van der Waals surface area contributed by atoms with Crippen LogP contribution >= 0.6 is 12.6 Å². The maximum atomic E-state index is 13.1. The van der Waals surface area contributed by atoms with Gasteiger partial charge in [0.25, 0.3) is 0 Å². The molecule has 36 heavy (non-hydrogen) atoms. The van der Waals surface area contributed by atoms with E-state index in [2.05, 4.69) is 33.6 Å². The predicted octanol–water partition coefficient (Wildman–Crippen LogP) is -1.27. The standard InChI is InChI=1S/C23H37N7O5S/c1-13(2)18(30-19(31)15(24)12-36)21(33)29-17(11-14-7-4-3-5-8-14)20(32)28-16(22(34)35)9-6-10-27-23(25)26/h3-5,7-8,13,15-18,36H,6,9-12,24H2,1-2H3,(H,28,32)(H,29,33)(H,30,31)(H,34,35)(H4,25,26,27). The van der Waals surface area contributed by atoms with E-state index in [-0.39, 0.29) is 37.0 Å². The van der Waals surface area contributed by atoms with Crippen LogP contribution in [0.5, 0.6) is 0 Å². The smallest absolute Gasteiger partial charge is 0.326 e. The van der Waals surface area contributed by atoms with Crippen LogP contribution in [0.1, 0.15) is 32.3 Å². The highest BCUT2D eigenvalue weighted by Crippen LogP contribution is 2.08. The fourth-order valence-corrected chi connectivity index (χ4v) is 3.40. The molecule has 4 unspecified atom stereocenters. The summed E-state index contributed by atoms with van der Waals surface area (Å²) < 4.78 is 0. The van der Waals surface area contributed by atoms with E-state index in [0.717, 1.165) is 5.56 Å². The molecule has 0 aliphatic heterocycles. The van der Waals surface area contributed by atoms with E-state index in [1.54, 1.807) is 38.1 Å². The molecule has 0 radical (unpaired) electrons. The van der Waals surface area contributed by atoms with Crippen molar-refractivity contribution in [1.82, 2.24) is 16.0 Å². The molecule has 0 saturated heterocycles. The van der Waals surface area contributed by atoms with Crippen LogP contribution in [0.3, 0.4) is 0 Å². The van der Waals surface area contributed by atoms with Crippen molar-refractivity contribution in [1.29, 1.82) is 0 Å². The molecule has 0 heterocycles. The van der Waals surface area contributed by atoms with E-state index >= 15 is 0 Å². The minimum absolute atomic E-state index is 0.0795. The average molecular weight is 524 g/mol. The topological polar surface area (TPSA) is 215 Å². The first-order valence-electron chi connectivity index (χ1n) is 11.6. The predicted molar refractivity (Wildman–Crippen MR) is 140 cm³/mol. The molecular weight excluding hydrogens is 486 g/mol. The zero-order chi connectivity index (χ0) is 27.3. The molecule has 0 saturated carbocycles. The van der Waals surface area contributed by atoms with Gasteiger partial charge in [0.1, 0.15) is 18.1 Å². The Kier molecular flexibility index (Phi) is 13.3. The first-order chi connectivity index (χ1) is 17.0. The van der Waals surface area contributed by atoms with Crippen molar-refractivity contribution in [2.75, 3.05) is 12.3 Å². The van der Waals surface area contributed by atoms with Gasteiger partial charge >= 0.3 is 5.97 Å². The van der Waals surface area contributed by atoms with Gasteiger partial charge in [-0.15, -0.1) is 0 Å². The largest absolute Gasteiger partial charge is 0.480 e. The van der Waals surface area contributed by atoms with Crippen LogP contribution in [0.4, 0.5) is 0 Å². The Morgan fingerprint density at radius 2 is 1.58 bits per heavy atom. The van der Waals surface area contributed by atoms with Gasteiger partial charge < -0.3 is 38.3 Å². The van der Waals surface area contributed by atoms with Crippen LogP contribution in [-0.4, -0.2) is 71.2 Å². The van der Waals surface area contributed by atoms with Crippen LogP contribution in [0.2, 0.25) is 0 Å². The minimum Gasteiger partial charge on any atom is -0.480 e. The Labute approximate surface area is 216 Å². The third-order valence-electron chi connectivity index (χ3n) is 5.26. The van der Waals surface area contributed by atoms with Crippen molar-refractivity contribution >= 4 is 42.3 Å². The molecule has 13 heteroatoms. The van der Waals surface area contributed by atoms with Gasteiger partial charge in [-0.2, -0.15) is 12.6 Å². The lowest BCUT2D eigenvalue weighted by Gasteiger charge is -2.27. The number of carboxylic acid groups (broad SMARTS) is 1. The molecule has 12 nitrogen and oxygen atoms in total. The molecule has 0 aliphatic rings. The number of amides is 3. The van der Waals surface area contributed by atoms with E-state index in [1.807, 2.05) is 6.07 Å². The molecule has 200 valence electrons. The summed E-state index contributed by atoms with van der Waals surface area (Å²) in [5, 5.41) is 17.3. The second-order valence-corrected chi connectivity index (χ2v) is 8.98. The van der Waals surface area contributed by atoms with E-state index in [1.165, 1.54) is 0 Å². The Balaban J connectivity index is 3.05. The third-order valence-corrected chi connectivity index (χ3v) is 5.65. The van der Waals surface area contributed by atoms with Crippen molar-refractivity contribution in [3.8, 4) is 0 Å². The highest BCUT2D eigenvalue weighted by Gasteiger charge is 2.31. The molecule has 1 rings (SSSR count). The number of nitrogens with one attached hydrogen (secondary N) is 3. The van der Waals surface area contributed by atoms with Crippen molar-refractivity contribution in [3.05, 3.63) is 35.9 Å². The first kappa shape index (κ1) is 30.7. The number of hydrogen-bond donors (Lipinski definition) is 8. The molecule has 0 spiro atoms. The normalized spacial score (nSPS) is 14.1. The zero-order valence-electron chi connectivity index (χ0n) is 20.5. The monoisotopic (exact) mass is 523 g/mol. The number of carboxylic acids is 1. The fraction of sp³-hybridized carbons (Fsp3) is 0.522. The quantitative estimate of drug-likeness (QED) is 0.0599. The number of benzene rings is 1. The summed E-state index contributed by atoms with van der Waals surface area (Å²) in [7, 11) is 0. The number of nitrogens with two attached hydrogens (primary N) is 3. The van der Waals surface area contributed by atoms with Crippen molar-refractivity contribution in [2.45, 2.75) is 57.3 Å². The second kappa shape index (κ2) is 15.6. The summed E-state index contributed by atoms with van der Waals surface area (Å²) in [6.07, 6.45) is 0.502. The SMILES string of the molecule is CC(C)C(NC(=O)C(N)CS)C(=O)NC(Cc1ccccc1)C(=O)NC(CCCN=C(N)N)C(=O)O. The number of thiol groups is 1. The molecule has 0 aliphatic carbocycles. The summed E-state index contributed by atoms with van der Waals surface area (Å²) in [6.45, 7) is 3.68. The maximum absolute atomic E-state index is 13.1. The molecule has 0 bridgehead atoms. The summed E-state index contributed by atoms with van der Waals surface area (Å²) in [4.78, 5) is 54.0. The Morgan fingerprint density at radius 1 is 0.972 bits per heavy atom. The van der Waals surface area contributed by atoms with E-state index in [0.29, 0.717) is 6.42 Å². The van der Waals surface area contributed by atoms with E-state index in [4.69, 9.17) is 17.2 Å². The lowest BCUT2D eigenvalue weighted by atomic mass is 10.00. The number of nitrogens with zero attached hydrogens (tertiary/aromatic N) is 1. The Morgan fingerprint density at radius 3 is 2.11 bits per heavy atom. The molecule has 0 fully saturated rings. The van der Waals surface area contributed by atoms with Gasteiger partial charge in [0.15, 0.2) is 5.96 Å². The van der Waals surface area contributed by atoms with Gasteiger partial charge in [-0.1, -0.05) is 44.2 Å². The minimum atomic E-state index is -1.23. The molecule has 10 N–H and O–H groups in total. The number of aliphatic imine (C=N–C) groups is 1. The van der Waals surface area contributed by atoms with E-state index < -0.39 is 47.9 Å². The summed E-state index contributed by atoms with van der Waals surface area (Å²) >= 11 is 4.00. The summed E-state index contributed by atoms with van der Waals surface area (Å²) in [6, 6.07) is 4.76.